The van der Waals surface area contributed by atoms with Gasteiger partial charge in [-0.2, -0.15) is 0 Å². The molecule has 0 amide bonds. The van der Waals surface area contributed by atoms with Crippen molar-refractivity contribution in [2.45, 2.75) is 89.9 Å². The maximum atomic E-state index is 13.0. The largest absolute Gasteiger partial charge is 0.508 e. The van der Waals surface area contributed by atoms with Crippen LogP contribution in [0.4, 0.5) is 0 Å². The molecule has 0 aromatic heterocycles. The van der Waals surface area contributed by atoms with E-state index in [4.69, 9.17) is 4.74 Å². The second-order valence-electron chi connectivity index (χ2n) is 11.4. The van der Waals surface area contributed by atoms with Crippen molar-refractivity contribution >= 4 is 17.1 Å². The molecule has 40 heavy (non-hydrogen) atoms. The average Bonchev–Trinajstić information content (AvgIpc) is 3.02. The van der Waals surface area contributed by atoms with Crippen LogP contribution in [0.25, 0.3) is 11.1 Å². The zero-order valence-corrected chi connectivity index (χ0v) is 24.0. The number of allylic oxidation sites excluding steroid dienone is 4. The number of esters is 1. The molecular formula is C37H42O3. The summed E-state index contributed by atoms with van der Waals surface area (Å²) in [6, 6.07) is 21.7. The fourth-order valence-corrected chi connectivity index (χ4v) is 6.69. The van der Waals surface area contributed by atoms with E-state index >= 15 is 0 Å². The summed E-state index contributed by atoms with van der Waals surface area (Å²) in [5.41, 5.74) is 7.34. The first-order chi connectivity index (χ1) is 19.6. The van der Waals surface area contributed by atoms with Crippen LogP contribution in [-0.2, 0) is 0 Å². The van der Waals surface area contributed by atoms with E-state index in [0.717, 1.165) is 59.1 Å². The minimum Gasteiger partial charge on any atom is -0.508 e. The van der Waals surface area contributed by atoms with E-state index in [2.05, 4.69) is 44.2 Å². The lowest BCUT2D eigenvalue weighted by Crippen LogP contribution is -2.13. The quantitative estimate of drug-likeness (QED) is 0.186. The van der Waals surface area contributed by atoms with Gasteiger partial charge >= 0.3 is 5.97 Å². The van der Waals surface area contributed by atoms with Gasteiger partial charge in [-0.3, -0.25) is 0 Å². The van der Waals surface area contributed by atoms with Gasteiger partial charge in [0.2, 0.25) is 0 Å². The van der Waals surface area contributed by atoms with E-state index in [1.54, 1.807) is 12.1 Å². The van der Waals surface area contributed by atoms with E-state index in [9.17, 15) is 9.90 Å². The number of hydrogen-bond donors (Lipinski definition) is 1. The Balaban J connectivity index is 1.49. The van der Waals surface area contributed by atoms with E-state index in [1.807, 2.05) is 36.4 Å². The van der Waals surface area contributed by atoms with Crippen molar-refractivity contribution < 1.29 is 14.6 Å². The molecule has 208 valence electrons. The lowest BCUT2D eigenvalue weighted by atomic mass is 9.80. The Hall–Kier alpha value is -3.59. The van der Waals surface area contributed by atoms with E-state index < -0.39 is 0 Å². The number of rotatable bonds is 7. The monoisotopic (exact) mass is 534 g/mol. The van der Waals surface area contributed by atoms with Crippen LogP contribution < -0.4 is 4.74 Å². The molecule has 3 heteroatoms. The van der Waals surface area contributed by atoms with Gasteiger partial charge in [-0.15, -0.1) is 0 Å². The van der Waals surface area contributed by atoms with Crippen molar-refractivity contribution in [1.82, 2.24) is 0 Å². The van der Waals surface area contributed by atoms with Crippen LogP contribution in [0.5, 0.6) is 11.5 Å². The van der Waals surface area contributed by atoms with Gasteiger partial charge in [0, 0.05) is 0 Å². The molecule has 3 aromatic carbocycles. The van der Waals surface area contributed by atoms with Gasteiger partial charge in [-0.05, 0) is 121 Å². The summed E-state index contributed by atoms with van der Waals surface area (Å²) >= 11 is 0. The van der Waals surface area contributed by atoms with Crippen LogP contribution in [-0.4, -0.2) is 11.1 Å². The number of benzene rings is 3. The van der Waals surface area contributed by atoms with Crippen molar-refractivity contribution in [3.05, 3.63) is 107 Å². The van der Waals surface area contributed by atoms with Crippen molar-refractivity contribution in [3.8, 4) is 11.5 Å². The first-order valence-electron chi connectivity index (χ1n) is 15.2. The predicted octanol–water partition coefficient (Wildman–Crippen LogP) is 10.2. The summed E-state index contributed by atoms with van der Waals surface area (Å²) in [4.78, 5) is 13.0. The maximum absolute atomic E-state index is 13.0. The van der Waals surface area contributed by atoms with Gasteiger partial charge in [0.05, 0.1) is 5.56 Å². The third-order valence-corrected chi connectivity index (χ3v) is 8.83. The molecule has 0 heterocycles. The lowest BCUT2D eigenvalue weighted by molar-refractivity contribution is 0.0732. The highest BCUT2D eigenvalue weighted by Gasteiger charge is 2.24. The fraction of sp³-hybridized carbons (Fsp3) is 0.378. The summed E-state index contributed by atoms with van der Waals surface area (Å²) in [6.45, 7) is 4.18. The van der Waals surface area contributed by atoms with Gasteiger partial charge in [0.1, 0.15) is 11.5 Å². The number of phenols is 1. The summed E-state index contributed by atoms with van der Waals surface area (Å²) in [5.74, 6) is 1.58. The third-order valence-electron chi connectivity index (χ3n) is 8.83. The number of phenolic OH excluding ortho intramolecular Hbond substituents is 1. The predicted molar refractivity (Wildman–Crippen MR) is 165 cm³/mol. The first-order valence-corrected chi connectivity index (χ1v) is 15.2. The number of carbonyl (C=O) groups is 1. The molecule has 0 spiro atoms. The van der Waals surface area contributed by atoms with Crippen molar-refractivity contribution in [1.29, 1.82) is 0 Å². The van der Waals surface area contributed by atoms with Crippen LogP contribution in [0.2, 0.25) is 0 Å². The summed E-state index contributed by atoms with van der Waals surface area (Å²) in [7, 11) is 0. The van der Waals surface area contributed by atoms with Crippen LogP contribution in [0, 0.1) is 0 Å². The summed E-state index contributed by atoms with van der Waals surface area (Å²) < 4.78 is 6.02. The van der Waals surface area contributed by atoms with Gasteiger partial charge in [-0.1, -0.05) is 81.0 Å². The molecule has 0 aliphatic heterocycles. The minimum atomic E-state index is -0.315. The molecule has 0 saturated heterocycles. The van der Waals surface area contributed by atoms with Crippen molar-refractivity contribution in [2.75, 3.05) is 0 Å². The Morgan fingerprint density at radius 1 is 0.675 bits per heavy atom. The second-order valence-corrected chi connectivity index (χ2v) is 11.4. The Labute approximate surface area is 239 Å². The molecule has 3 aromatic rings. The van der Waals surface area contributed by atoms with Gasteiger partial charge < -0.3 is 9.84 Å². The molecule has 0 radical (unpaired) electrons. The van der Waals surface area contributed by atoms with Crippen LogP contribution in [0.15, 0.2) is 78.9 Å². The fourth-order valence-electron chi connectivity index (χ4n) is 6.69. The molecule has 0 bridgehead atoms. The number of carbonyl (C=O) groups excluding carboxylic acids is 1. The maximum Gasteiger partial charge on any atom is 0.343 e. The van der Waals surface area contributed by atoms with Crippen LogP contribution in [0.3, 0.4) is 0 Å². The Kier molecular flexibility index (Phi) is 9.21. The smallest absolute Gasteiger partial charge is 0.343 e. The van der Waals surface area contributed by atoms with Gasteiger partial charge in [-0.25, -0.2) is 4.79 Å². The second kappa shape index (κ2) is 13.2. The molecule has 3 nitrogen and oxygen atoms in total. The van der Waals surface area contributed by atoms with E-state index in [-0.39, 0.29) is 5.97 Å². The van der Waals surface area contributed by atoms with Crippen molar-refractivity contribution in [3.63, 3.8) is 0 Å². The molecule has 1 N–H and O–H groups in total. The molecule has 2 fully saturated rings. The lowest BCUT2D eigenvalue weighted by Gasteiger charge is -2.26. The molecular weight excluding hydrogens is 492 g/mol. The molecule has 2 aliphatic carbocycles. The Bertz CT molecular complexity index is 1370. The molecule has 0 atom stereocenters. The van der Waals surface area contributed by atoms with E-state index in [1.165, 1.54) is 38.5 Å². The molecule has 0 unspecified atom stereocenters. The molecule has 5 rings (SSSR count). The number of aromatic hydroxyl groups is 1. The highest BCUT2D eigenvalue weighted by molar-refractivity contribution is 6.05. The molecule has 2 saturated carbocycles. The normalized spacial score (nSPS) is 17.6. The highest BCUT2D eigenvalue weighted by atomic mass is 16.5. The third kappa shape index (κ3) is 6.25. The SMILES string of the molecule is C/C=C(\C(=C/C)c1ccc(OC(=O)c2ccccc2)c(C2CCCCC2)c1)c1ccc(O)c(C2CCCCC2)c1. The van der Waals surface area contributed by atoms with Crippen LogP contribution >= 0.6 is 0 Å². The van der Waals surface area contributed by atoms with Gasteiger partial charge in [0.15, 0.2) is 0 Å². The zero-order chi connectivity index (χ0) is 27.9. The Morgan fingerprint density at radius 2 is 1.20 bits per heavy atom. The summed E-state index contributed by atoms with van der Waals surface area (Å²) in [6.07, 6.45) is 16.3. The van der Waals surface area contributed by atoms with Crippen molar-refractivity contribution in [2.24, 2.45) is 0 Å². The van der Waals surface area contributed by atoms with E-state index in [0.29, 0.717) is 28.9 Å². The number of ether oxygens (including phenoxy) is 1. The van der Waals surface area contributed by atoms with Gasteiger partial charge in [0.25, 0.3) is 0 Å². The Morgan fingerprint density at radius 3 is 1.77 bits per heavy atom. The highest BCUT2D eigenvalue weighted by Crippen LogP contribution is 2.43. The number of hydrogen-bond acceptors (Lipinski definition) is 3. The molecule has 2 aliphatic rings. The zero-order valence-electron chi connectivity index (χ0n) is 24.0. The standard InChI is InChI=1S/C37H42O3/c1-3-31(29-20-22-35(38)33(24-29)26-14-8-5-9-15-26)32(4-2)30-21-23-36(34(25-30)27-16-10-6-11-17-27)40-37(39)28-18-12-7-13-19-28/h3-4,7,12-13,18-27,38H,5-6,8-11,14-17H2,1-2H3/b31-3-,32-4-. The van der Waals surface area contributed by atoms with Crippen LogP contribution in [0.1, 0.15) is 123 Å². The minimum absolute atomic E-state index is 0.315. The topological polar surface area (TPSA) is 46.5 Å². The first kappa shape index (κ1) is 28.0. The summed E-state index contributed by atoms with van der Waals surface area (Å²) in [5, 5.41) is 10.7. The average molecular weight is 535 g/mol.